The summed E-state index contributed by atoms with van der Waals surface area (Å²) in [6.45, 7) is 7.42. The first kappa shape index (κ1) is 11.1. The lowest BCUT2D eigenvalue weighted by molar-refractivity contribution is -0.0457. The number of hydrogen-bond donors (Lipinski definition) is 0. The number of ether oxygens (including phenoxy) is 2. The molecule has 70 valence electrons. The summed E-state index contributed by atoms with van der Waals surface area (Å²) in [5, 5.41) is 0. The summed E-state index contributed by atoms with van der Waals surface area (Å²) >= 11 is 0. The quantitative estimate of drug-likeness (QED) is 0.332. The minimum absolute atomic E-state index is 0.236. The highest BCUT2D eigenvalue weighted by Gasteiger charge is 1.93. The van der Waals surface area contributed by atoms with Gasteiger partial charge in [-0.3, -0.25) is 0 Å². The van der Waals surface area contributed by atoms with E-state index < -0.39 is 0 Å². The van der Waals surface area contributed by atoms with Crippen LogP contribution >= 0.6 is 0 Å². The largest absolute Gasteiger partial charge is 0.463 e. The molecule has 0 aliphatic rings. The van der Waals surface area contributed by atoms with E-state index in [0.29, 0.717) is 0 Å². The van der Waals surface area contributed by atoms with Gasteiger partial charge in [0.05, 0.1) is 12.5 Å². The second-order valence-corrected chi connectivity index (χ2v) is 2.52. The molecule has 0 aliphatic heterocycles. The molecular formula is C10H18O2. The Kier molecular flexibility index (Phi) is 7.55. The van der Waals surface area contributed by atoms with Gasteiger partial charge in [0.2, 0.25) is 6.29 Å². The predicted molar refractivity (Wildman–Crippen MR) is 50.5 cm³/mol. The summed E-state index contributed by atoms with van der Waals surface area (Å²) < 4.78 is 10.1. The van der Waals surface area contributed by atoms with Crippen molar-refractivity contribution in [3.63, 3.8) is 0 Å². The highest BCUT2D eigenvalue weighted by atomic mass is 16.7. The van der Waals surface area contributed by atoms with Gasteiger partial charge in [-0.05, 0) is 18.9 Å². The first-order valence-corrected chi connectivity index (χ1v) is 4.38. The minimum atomic E-state index is -0.236. The summed E-state index contributed by atoms with van der Waals surface area (Å²) in [6, 6.07) is 0. The molecule has 0 aromatic carbocycles. The SMILES string of the molecule is C=COC(C)O/C=C/CCCC. The van der Waals surface area contributed by atoms with E-state index in [-0.39, 0.29) is 6.29 Å². The first-order chi connectivity index (χ1) is 5.81. The van der Waals surface area contributed by atoms with Gasteiger partial charge in [0.25, 0.3) is 0 Å². The molecule has 12 heavy (non-hydrogen) atoms. The summed E-state index contributed by atoms with van der Waals surface area (Å²) in [7, 11) is 0. The van der Waals surface area contributed by atoms with Crippen LogP contribution in [0.25, 0.3) is 0 Å². The summed E-state index contributed by atoms with van der Waals surface area (Å²) in [4.78, 5) is 0. The topological polar surface area (TPSA) is 18.5 Å². The van der Waals surface area contributed by atoms with Crippen molar-refractivity contribution in [3.05, 3.63) is 25.2 Å². The van der Waals surface area contributed by atoms with Crippen LogP contribution in [0.15, 0.2) is 25.2 Å². The van der Waals surface area contributed by atoms with Crippen LogP contribution in [0.3, 0.4) is 0 Å². The molecule has 0 bridgehead atoms. The summed E-state index contributed by atoms with van der Waals surface area (Å²) in [5.41, 5.74) is 0. The van der Waals surface area contributed by atoms with Crippen LogP contribution in [-0.2, 0) is 9.47 Å². The van der Waals surface area contributed by atoms with E-state index in [0.717, 1.165) is 6.42 Å². The Labute approximate surface area is 74.9 Å². The van der Waals surface area contributed by atoms with Crippen molar-refractivity contribution < 1.29 is 9.47 Å². The van der Waals surface area contributed by atoms with Crippen molar-refractivity contribution in [1.82, 2.24) is 0 Å². The van der Waals surface area contributed by atoms with Crippen LogP contribution in [0.5, 0.6) is 0 Å². The van der Waals surface area contributed by atoms with E-state index in [1.54, 1.807) is 6.26 Å². The first-order valence-electron chi connectivity index (χ1n) is 4.38. The molecule has 2 nitrogen and oxygen atoms in total. The molecule has 0 fully saturated rings. The number of unbranched alkanes of at least 4 members (excludes halogenated alkanes) is 2. The Morgan fingerprint density at radius 2 is 2.17 bits per heavy atom. The van der Waals surface area contributed by atoms with Crippen LogP contribution in [0, 0.1) is 0 Å². The molecule has 1 unspecified atom stereocenters. The molecule has 2 heteroatoms. The average molecular weight is 170 g/mol. The smallest absolute Gasteiger partial charge is 0.236 e. The molecule has 0 spiro atoms. The molecule has 0 aliphatic carbocycles. The van der Waals surface area contributed by atoms with Gasteiger partial charge in [-0.2, -0.15) is 0 Å². The maximum absolute atomic E-state index is 5.15. The second-order valence-electron chi connectivity index (χ2n) is 2.52. The van der Waals surface area contributed by atoms with E-state index in [9.17, 15) is 0 Å². The van der Waals surface area contributed by atoms with Crippen molar-refractivity contribution in [2.45, 2.75) is 39.4 Å². The van der Waals surface area contributed by atoms with Gasteiger partial charge < -0.3 is 9.47 Å². The van der Waals surface area contributed by atoms with Gasteiger partial charge in [0, 0.05) is 6.92 Å². The summed E-state index contributed by atoms with van der Waals surface area (Å²) in [5.74, 6) is 0. The Bertz CT molecular complexity index is 130. The van der Waals surface area contributed by atoms with Gasteiger partial charge in [-0.25, -0.2) is 0 Å². The third-order valence-corrected chi connectivity index (χ3v) is 1.38. The van der Waals surface area contributed by atoms with Gasteiger partial charge in [0.15, 0.2) is 0 Å². The molecular weight excluding hydrogens is 152 g/mol. The van der Waals surface area contributed by atoms with E-state index >= 15 is 0 Å². The minimum Gasteiger partial charge on any atom is -0.463 e. The van der Waals surface area contributed by atoms with Crippen molar-refractivity contribution in [1.29, 1.82) is 0 Å². The Hall–Kier alpha value is -0.920. The van der Waals surface area contributed by atoms with Gasteiger partial charge in [0.1, 0.15) is 0 Å². The molecule has 0 saturated heterocycles. The van der Waals surface area contributed by atoms with Crippen LogP contribution in [0.2, 0.25) is 0 Å². The molecule has 0 amide bonds. The maximum atomic E-state index is 5.15. The average Bonchev–Trinajstić information content (AvgIpc) is 2.05. The molecule has 1 atom stereocenters. The third kappa shape index (κ3) is 7.19. The monoisotopic (exact) mass is 170 g/mol. The zero-order valence-electron chi connectivity index (χ0n) is 7.95. The Morgan fingerprint density at radius 1 is 1.42 bits per heavy atom. The fourth-order valence-corrected chi connectivity index (χ4v) is 0.724. The highest BCUT2D eigenvalue weighted by molar-refractivity contribution is 4.73. The molecule has 0 N–H and O–H groups in total. The van der Waals surface area contributed by atoms with Crippen molar-refractivity contribution in [2.75, 3.05) is 0 Å². The Balaban J connectivity index is 3.26. The number of allylic oxidation sites excluding steroid dienone is 1. The van der Waals surface area contributed by atoms with E-state index in [4.69, 9.17) is 9.47 Å². The van der Waals surface area contributed by atoms with Gasteiger partial charge >= 0.3 is 0 Å². The van der Waals surface area contributed by atoms with Crippen molar-refractivity contribution >= 4 is 0 Å². The van der Waals surface area contributed by atoms with Crippen molar-refractivity contribution in [2.24, 2.45) is 0 Å². The van der Waals surface area contributed by atoms with Gasteiger partial charge in [-0.15, -0.1) is 0 Å². The molecule has 0 radical (unpaired) electrons. The van der Waals surface area contributed by atoms with E-state index in [1.807, 2.05) is 13.0 Å². The van der Waals surface area contributed by atoms with Crippen LogP contribution in [0.4, 0.5) is 0 Å². The molecule has 0 rings (SSSR count). The number of rotatable bonds is 7. The lowest BCUT2D eigenvalue weighted by Crippen LogP contribution is -2.04. The molecule has 0 aromatic heterocycles. The van der Waals surface area contributed by atoms with Crippen molar-refractivity contribution in [3.8, 4) is 0 Å². The van der Waals surface area contributed by atoms with Crippen LogP contribution in [0.1, 0.15) is 33.1 Å². The standard InChI is InChI=1S/C10H18O2/c1-4-6-7-8-9-12-10(3)11-5-2/h5,8-10H,2,4,6-7H2,1,3H3/b9-8+. The van der Waals surface area contributed by atoms with E-state index in [1.165, 1.54) is 19.1 Å². The third-order valence-electron chi connectivity index (χ3n) is 1.38. The molecule has 0 heterocycles. The van der Waals surface area contributed by atoms with Crippen LogP contribution < -0.4 is 0 Å². The maximum Gasteiger partial charge on any atom is 0.236 e. The fourth-order valence-electron chi connectivity index (χ4n) is 0.724. The van der Waals surface area contributed by atoms with E-state index in [2.05, 4.69) is 13.5 Å². The fraction of sp³-hybridized carbons (Fsp3) is 0.600. The highest BCUT2D eigenvalue weighted by Crippen LogP contribution is 1.98. The lowest BCUT2D eigenvalue weighted by Gasteiger charge is -2.09. The second kappa shape index (κ2) is 8.18. The zero-order valence-corrected chi connectivity index (χ0v) is 7.95. The van der Waals surface area contributed by atoms with Gasteiger partial charge in [-0.1, -0.05) is 19.9 Å². The predicted octanol–water partition coefficient (Wildman–Crippen LogP) is 3.21. The molecule has 0 saturated carbocycles. The normalized spacial score (nSPS) is 12.8. The lowest BCUT2D eigenvalue weighted by atomic mass is 10.2. The molecule has 0 aromatic rings. The number of hydrogen-bond acceptors (Lipinski definition) is 2. The zero-order chi connectivity index (χ0) is 9.23. The van der Waals surface area contributed by atoms with Crippen LogP contribution in [-0.4, -0.2) is 6.29 Å². The Morgan fingerprint density at radius 3 is 2.75 bits per heavy atom. The summed E-state index contributed by atoms with van der Waals surface area (Å²) in [6.07, 6.45) is 8.32.